The number of primary amides is 1. The lowest BCUT2D eigenvalue weighted by molar-refractivity contribution is -0.168. The van der Waals surface area contributed by atoms with Crippen LogP contribution >= 0.6 is 0 Å². The zero-order valence-electron chi connectivity index (χ0n) is 20.6. The molecule has 11 heteroatoms. The van der Waals surface area contributed by atoms with E-state index in [0.717, 1.165) is 32.4 Å². The highest BCUT2D eigenvalue weighted by Gasteiger charge is 2.67. The van der Waals surface area contributed by atoms with Crippen molar-refractivity contribution in [1.82, 2.24) is 4.90 Å². The lowest BCUT2D eigenvalue weighted by Gasteiger charge is -2.52. The van der Waals surface area contributed by atoms with Gasteiger partial charge in [0.15, 0.2) is 11.4 Å². The van der Waals surface area contributed by atoms with Crippen molar-refractivity contribution < 1.29 is 39.9 Å². The number of hydrogen-bond donors (Lipinski definition) is 6. The lowest BCUT2D eigenvalue weighted by Crippen LogP contribution is -2.70. The molecular weight excluding hydrogens is 482 g/mol. The van der Waals surface area contributed by atoms with E-state index in [4.69, 9.17) is 5.73 Å². The second-order valence-corrected chi connectivity index (χ2v) is 10.6. The highest BCUT2D eigenvalue weighted by atomic mass is 16.4. The molecular formula is C26H31N3O8. The van der Waals surface area contributed by atoms with Crippen molar-refractivity contribution >= 4 is 28.9 Å². The lowest BCUT2D eigenvalue weighted by atomic mass is 9.56. The molecule has 1 saturated heterocycles. The summed E-state index contributed by atoms with van der Waals surface area (Å²) in [5, 5.41) is 56.5. The number of nitrogens with two attached hydrogens (primary N) is 1. The smallest absolute Gasteiger partial charge is 0.255 e. The van der Waals surface area contributed by atoms with Gasteiger partial charge in [0, 0.05) is 24.6 Å². The summed E-state index contributed by atoms with van der Waals surface area (Å²) in [7, 11) is 2.95. The maximum atomic E-state index is 13.9. The normalized spacial score (nSPS) is 31.9. The van der Waals surface area contributed by atoms with E-state index in [0.29, 0.717) is 11.3 Å². The molecule has 0 aromatic heterocycles. The first-order valence-corrected chi connectivity index (χ1v) is 12.4. The Morgan fingerprint density at radius 3 is 2.35 bits per heavy atom. The van der Waals surface area contributed by atoms with Crippen LogP contribution in [0.15, 0.2) is 29.0 Å². The van der Waals surface area contributed by atoms with Crippen LogP contribution < -0.4 is 10.6 Å². The van der Waals surface area contributed by atoms with E-state index < -0.39 is 64.1 Å². The van der Waals surface area contributed by atoms with Gasteiger partial charge in [-0.1, -0.05) is 6.07 Å². The van der Waals surface area contributed by atoms with Crippen LogP contribution in [0.3, 0.4) is 0 Å². The summed E-state index contributed by atoms with van der Waals surface area (Å²) in [5.41, 5.74) is 2.12. The third-order valence-electron chi connectivity index (χ3n) is 8.35. The minimum Gasteiger partial charge on any atom is -0.508 e. The molecule has 1 amide bonds. The van der Waals surface area contributed by atoms with Crippen LogP contribution in [0.1, 0.15) is 30.4 Å². The Hall–Kier alpha value is -3.41. The van der Waals surface area contributed by atoms with Crippen LogP contribution in [0.4, 0.5) is 5.69 Å². The van der Waals surface area contributed by atoms with E-state index in [1.54, 1.807) is 12.1 Å². The van der Waals surface area contributed by atoms with Crippen LogP contribution in [0.25, 0.3) is 5.76 Å². The number of phenols is 1. The van der Waals surface area contributed by atoms with E-state index in [-0.39, 0.29) is 23.3 Å². The Kier molecular flexibility index (Phi) is 5.85. The molecule has 11 nitrogen and oxygen atoms in total. The molecule has 1 saturated carbocycles. The second-order valence-electron chi connectivity index (χ2n) is 10.6. The third kappa shape index (κ3) is 3.34. The Bertz CT molecular complexity index is 1280. The molecule has 7 N–H and O–H groups in total. The predicted octanol–water partition coefficient (Wildman–Crippen LogP) is -0.0749. The number of amides is 1. The number of rotatable bonds is 3. The standard InChI is InChI=1S/C26H31N3O8/c1-28(2)18-17-19(30)12-10-11-6-7-13(29-8-4-3-5-9-29)20(31)14(11)21(32)15(12)23(34)26(17,37)24(35)16(22(18)33)25(27)36/h6-7,12,17-19,30-32,35,37H,3-5,8-10H2,1-2H3,(H2,27,36)/t12-,17-,18+,19+,26+/m1/s1. The van der Waals surface area contributed by atoms with Crippen molar-refractivity contribution in [3.8, 4) is 5.75 Å². The van der Waals surface area contributed by atoms with Gasteiger partial charge >= 0.3 is 0 Å². The summed E-state index contributed by atoms with van der Waals surface area (Å²) < 4.78 is 0. The number of aliphatic hydroxyl groups excluding tert-OH is 3. The molecule has 0 bridgehead atoms. The average Bonchev–Trinajstić information content (AvgIpc) is 2.84. The number of hydrogen-bond acceptors (Lipinski definition) is 10. The molecule has 2 fully saturated rings. The highest BCUT2D eigenvalue weighted by molar-refractivity contribution is 6.24. The largest absolute Gasteiger partial charge is 0.508 e. The number of fused-ring (bicyclic) bond motifs is 3. The molecule has 1 aromatic rings. The molecule has 3 aliphatic carbocycles. The average molecular weight is 514 g/mol. The van der Waals surface area contributed by atoms with Crippen LogP contribution in [-0.2, 0) is 20.8 Å². The molecule has 0 radical (unpaired) electrons. The number of Topliss-reactive ketones (excluding diaryl/α,β-unsaturated/α-hetero) is 2. The third-order valence-corrected chi connectivity index (χ3v) is 8.35. The quantitative estimate of drug-likeness (QED) is 0.299. The number of likely N-dealkylation sites (N-methyl/N-ethyl adjacent to an activating group) is 1. The Balaban J connectivity index is 1.71. The van der Waals surface area contributed by atoms with Gasteiger partial charge in [-0.3, -0.25) is 19.3 Å². The minimum absolute atomic E-state index is 0.0200. The van der Waals surface area contributed by atoms with Gasteiger partial charge in [0.25, 0.3) is 5.91 Å². The molecule has 1 aromatic carbocycles. The zero-order chi connectivity index (χ0) is 27.0. The van der Waals surface area contributed by atoms with Gasteiger partial charge in [-0.15, -0.1) is 0 Å². The summed E-state index contributed by atoms with van der Waals surface area (Å²) in [6.45, 7) is 1.44. The maximum Gasteiger partial charge on any atom is 0.255 e. The fraction of sp³-hybridized carbons (Fsp3) is 0.500. The van der Waals surface area contributed by atoms with Gasteiger partial charge in [0.1, 0.15) is 22.8 Å². The van der Waals surface area contributed by atoms with Gasteiger partial charge in [-0.25, -0.2) is 0 Å². The Morgan fingerprint density at radius 2 is 1.76 bits per heavy atom. The molecule has 1 heterocycles. The van der Waals surface area contributed by atoms with Gasteiger partial charge in [0.2, 0.25) is 5.78 Å². The van der Waals surface area contributed by atoms with Crippen molar-refractivity contribution in [2.24, 2.45) is 17.6 Å². The minimum atomic E-state index is -2.90. The summed E-state index contributed by atoms with van der Waals surface area (Å²) >= 11 is 0. The van der Waals surface area contributed by atoms with Crippen molar-refractivity contribution in [1.29, 1.82) is 0 Å². The molecule has 0 unspecified atom stereocenters. The summed E-state index contributed by atoms with van der Waals surface area (Å²) in [5.74, 6) is -8.08. The van der Waals surface area contributed by atoms with Crippen molar-refractivity contribution in [2.75, 3.05) is 32.1 Å². The van der Waals surface area contributed by atoms with Gasteiger partial charge in [0.05, 0.1) is 29.3 Å². The van der Waals surface area contributed by atoms with Crippen LogP contribution in [-0.4, -0.2) is 92.8 Å². The van der Waals surface area contributed by atoms with Gasteiger partial charge in [-0.05, 0) is 51.4 Å². The SMILES string of the molecule is CN(C)[C@@H]1C(=O)C(C(N)=O)=C(O)[C@@]2(O)C(=O)C3=C(O)c4c(ccc(N5CCCCC5)c4O)C[C@H]3[C@H](O)[C@@H]12. The number of ketones is 2. The van der Waals surface area contributed by atoms with Crippen molar-refractivity contribution in [3.63, 3.8) is 0 Å². The number of nitrogens with zero attached hydrogens (tertiary/aromatic N) is 2. The van der Waals surface area contributed by atoms with Crippen molar-refractivity contribution in [2.45, 2.75) is 43.4 Å². The molecule has 0 spiro atoms. The predicted molar refractivity (Wildman–Crippen MR) is 132 cm³/mol. The number of carbonyl (C=O) groups is 3. The Morgan fingerprint density at radius 1 is 1.11 bits per heavy atom. The Labute approximate surface area is 213 Å². The topological polar surface area (TPSA) is 185 Å². The molecule has 37 heavy (non-hydrogen) atoms. The first-order chi connectivity index (χ1) is 17.4. The second kappa shape index (κ2) is 8.57. The highest BCUT2D eigenvalue weighted by Crippen LogP contribution is 2.53. The van der Waals surface area contributed by atoms with Crippen LogP contribution in [0.5, 0.6) is 5.75 Å². The summed E-state index contributed by atoms with van der Waals surface area (Å²) in [4.78, 5) is 42.4. The molecule has 5 rings (SSSR count). The first-order valence-electron chi connectivity index (χ1n) is 12.4. The van der Waals surface area contributed by atoms with Crippen molar-refractivity contribution in [3.05, 3.63) is 40.2 Å². The zero-order valence-corrected chi connectivity index (χ0v) is 20.6. The number of aromatic hydroxyl groups is 1. The maximum absolute atomic E-state index is 13.9. The van der Waals surface area contributed by atoms with E-state index >= 15 is 0 Å². The molecule has 198 valence electrons. The fourth-order valence-corrected chi connectivity index (χ4v) is 6.61. The number of phenolic OH excluding ortho intramolecular Hbond substituents is 1. The molecule has 5 atom stereocenters. The van der Waals surface area contributed by atoms with Gasteiger partial charge < -0.3 is 36.2 Å². The molecule has 4 aliphatic rings. The van der Waals surface area contributed by atoms with Crippen LogP contribution in [0.2, 0.25) is 0 Å². The number of carbonyl (C=O) groups excluding carboxylic acids is 3. The van der Waals surface area contributed by atoms with Gasteiger partial charge in [-0.2, -0.15) is 0 Å². The fourth-order valence-electron chi connectivity index (χ4n) is 6.61. The summed E-state index contributed by atoms with van der Waals surface area (Å²) in [6.07, 6.45) is 1.43. The van der Waals surface area contributed by atoms with Crippen LogP contribution in [0, 0.1) is 11.8 Å². The van der Waals surface area contributed by atoms with E-state index in [9.17, 15) is 39.9 Å². The number of benzene rings is 1. The number of aliphatic hydroxyl groups is 4. The monoisotopic (exact) mass is 513 g/mol. The molecule has 1 aliphatic heterocycles. The van der Waals surface area contributed by atoms with E-state index in [2.05, 4.69) is 0 Å². The number of anilines is 1. The van der Waals surface area contributed by atoms with E-state index in [1.807, 2.05) is 4.90 Å². The van der Waals surface area contributed by atoms with E-state index in [1.165, 1.54) is 19.0 Å². The first kappa shape index (κ1) is 25.2. The summed E-state index contributed by atoms with van der Waals surface area (Å²) in [6, 6.07) is 2.11. The number of piperidine rings is 1.